The van der Waals surface area contributed by atoms with Crippen molar-refractivity contribution in [1.82, 2.24) is 15.2 Å². The molecule has 1 aromatic heterocycles. The van der Waals surface area contributed by atoms with Crippen LogP contribution in [0.15, 0.2) is 42.7 Å². The standard InChI is InChI=1S/C27H37N3O5/c1-27(2,3)35-26(32)30(19-20-9-7-14-28-18-20)16-8-15-29-25(31)21-12-13-23(24(17-21)33-4)34-22-10-5-6-11-22/h7,9,12-14,17-18,22H,5-6,8,10-11,15-16,19H2,1-4H3,(H,29,31). The van der Waals surface area contributed by atoms with Gasteiger partial charge >= 0.3 is 6.09 Å². The van der Waals surface area contributed by atoms with Crippen molar-refractivity contribution in [3.63, 3.8) is 0 Å². The van der Waals surface area contributed by atoms with Gasteiger partial charge in [0.2, 0.25) is 0 Å². The lowest BCUT2D eigenvalue weighted by molar-refractivity contribution is 0.0232. The van der Waals surface area contributed by atoms with E-state index in [-0.39, 0.29) is 12.0 Å². The van der Waals surface area contributed by atoms with Crippen molar-refractivity contribution in [3.05, 3.63) is 53.9 Å². The molecule has 0 radical (unpaired) electrons. The summed E-state index contributed by atoms with van der Waals surface area (Å²) >= 11 is 0. The number of nitrogens with zero attached hydrogens (tertiary/aromatic N) is 2. The molecule has 1 heterocycles. The fourth-order valence-electron chi connectivity index (χ4n) is 3.94. The number of aromatic nitrogens is 1. The van der Waals surface area contributed by atoms with Crippen molar-refractivity contribution >= 4 is 12.0 Å². The van der Waals surface area contributed by atoms with Gasteiger partial charge in [-0.1, -0.05) is 6.07 Å². The van der Waals surface area contributed by atoms with Crippen molar-refractivity contribution in [2.45, 2.75) is 71.1 Å². The Labute approximate surface area is 208 Å². The maximum Gasteiger partial charge on any atom is 0.410 e. The highest BCUT2D eigenvalue weighted by atomic mass is 16.6. The van der Waals surface area contributed by atoms with Crippen LogP contribution in [0.1, 0.15) is 68.8 Å². The minimum atomic E-state index is -0.592. The van der Waals surface area contributed by atoms with Crippen molar-refractivity contribution in [2.24, 2.45) is 0 Å². The van der Waals surface area contributed by atoms with E-state index in [1.807, 2.05) is 32.9 Å². The zero-order valence-corrected chi connectivity index (χ0v) is 21.2. The second-order valence-electron chi connectivity index (χ2n) is 9.76. The molecule has 1 saturated carbocycles. The molecule has 0 spiro atoms. The number of carbonyl (C=O) groups is 2. The first-order valence-corrected chi connectivity index (χ1v) is 12.2. The minimum Gasteiger partial charge on any atom is -0.493 e. The number of nitrogens with one attached hydrogen (secondary N) is 1. The highest BCUT2D eigenvalue weighted by Crippen LogP contribution is 2.32. The molecule has 2 aromatic rings. The molecule has 190 valence electrons. The molecule has 0 bridgehead atoms. The molecule has 1 fully saturated rings. The smallest absolute Gasteiger partial charge is 0.410 e. The number of ether oxygens (including phenoxy) is 3. The monoisotopic (exact) mass is 483 g/mol. The summed E-state index contributed by atoms with van der Waals surface area (Å²) in [5, 5.41) is 2.92. The molecule has 3 rings (SSSR count). The van der Waals surface area contributed by atoms with Gasteiger partial charge in [-0.2, -0.15) is 0 Å². The Morgan fingerprint density at radius 2 is 1.91 bits per heavy atom. The van der Waals surface area contributed by atoms with Gasteiger partial charge in [-0.05, 0) is 82.7 Å². The van der Waals surface area contributed by atoms with E-state index in [4.69, 9.17) is 14.2 Å². The summed E-state index contributed by atoms with van der Waals surface area (Å²) in [5.74, 6) is 1.02. The maximum absolute atomic E-state index is 12.7. The zero-order valence-electron chi connectivity index (χ0n) is 21.2. The van der Waals surface area contributed by atoms with E-state index in [0.29, 0.717) is 43.1 Å². The van der Waals surface area contributed by atoms with E-state index in [2.05, 4.69) is 10.3 Å². The van der Waals surface area contributed by atoms with Gasteiger partial charge in [-0.15, -0.1) is 0 Å². The second kappa shape index (κ2) is 12.4. The molecule has 1 aromatic carbocycles. The molecule has 8 heteroatoms. The number of rotatable bonds is 10. The lowest BCUT2D eigenvalue weighted by Gasteiger charge is -2.27. The first-order valence-electron chi connectivity index (χ1n) is 12.2. The number of benzene rings is 1. The number of carbonyl (C=O) groups excluding carboxylic acids is 2. The summed E-state index contributed by atoms with van der Waals surface area (Å²) in [5.41, 5.74) is 0.819. The van der Waals surface area contributed by atoms with E-state index in [9.17, 15) is 9.59 Å². The zero-order chi connectivity index (χ0) is 25.3. The van der Waals surface area contributed by atoms with E-state index in [1.54, 1.807) is 42.6 Å². The quantitative estimate of drug-likeness (QED) is 0.480. The number of hydrogen-bond acceptors (Lipinski definition) is 6. The summed E-state index contributed by atoms with van der Waals surface area (Å²) < 4.78 is 17.1. The molecule has 1 N–H and O–H groups in total. The Kier molecular flexibility index (Phi) is 9.34. The summed E-state index contributed by atoms with van der Waals surface area (Å²) in [6, 6.07) is 9.00. The molecule has 0 unspecified atom stereocenters. The van der Waals surface area contributed by atoms with Gasteiger partial charge in [0.25, 0.3) is 5.91 Å². The molecule has 0 aliphatic heterocycles. The number of hydrogen-bond donors (Lipinski definition) is 1. The Bertz CT molecular complexity index is 969. The predicted molar refractivity (Wildman–Crippen MR) is 134 cm³/mol. The van der Waals surface area contributed by atoms with Gasteiger partial charge in [0.15, 0.2) is 11.5 Å². The largest absolute Gasteiger partial charge is 0.493 e. The van der Waals surface area contributed by atoms with Crippen molar-refractivity contribution < 1.29 is 23.8 Å². The Balaban J connectivity index is 1.53. The van der Waals surface area contributed by atoms with Crippen LogP contribution in [-0.4, -0.2) is 53.8 Å². The average molecular weight is 484 g/mol. The van der Waals surface area contributed by atoms with Crippen LogP contribution < -0.4 is 14.8 Å². The van der Waals surface area contributed by atoms with Crippen LogP contribution >= 0.6 is 0 Å². The van der Waals surface area contributed by atoms with Gasteiger partial charge in [-0.25, -0.2) is 4.79 Å². The first-order chi connectivity index (χ1) is 16.7. The van der Waals surface area contributed by atoms with Crippen molar-refractivity contribution in [2.75, 3.05) is 20.2 Å². The van der Waals surface area contributed by atoms with Crippen LogP contribution in [-0.2, 0) is 11.3 Å². The molecular weight excluding hydrogens is 446 g/mol. The predicted octanol–water partition coefficient (Wildman–Crippen LogP) is 4.97. The lowest BCUT2D eigenvalue weighted by atomic mass is 10.1. The van der Waals surface area contributed by atoms with Gasteiger partial charge in [0, 0.05) is 31.0 Å². The Hall–Kier alpha value is -3.29. The van der Waals surface area contributed by atoms with E-state index in [0.717, 1.165) is 18.4 Å². The summed E-state index contributed by atoms with van der Waals surface area (Å²) in [4.78, 5) is 31.2. The molecule has 1 aliphatic rings. The Morgan fingerprint density at radius 1 is 1.14 bits per heavy atom. The molecule has 2 amide bonds. The lowest BCUT2D eigenvalue weighted by Crippen LogP contribution is -2.38. The molecular formula is C27H37N3O5. The maximum atomic E-state index is 12.7. The molecule has 8 nitrogen and oxygen atoms in total. The molecule has 0 atom stereocenters. The van der Waals surface area contributed by atoms with Crippen LogP contribution in [0, 0.1) is 0 Å². The average Bonchev–Trinajstić information content (AvgIpc) is 3.33. The summed E-state index contributed by atoms with van der Waals surface area (Å²) in [7, 11) is 1.58. The molecule has 0 saturated heterocycles. The van der Waals surface area contributed by atoms with E-state index >= 15 is 0 Å². The highest BCUT2D eigenvalue weighted by molar-refractivity contribution is 5.94. The fraction of sp³-hybridized carbons (Fsp3) is 0.519. The van der Waals surface area contributed by atoms with Crippen molar-refractivity contribution in [1.29, 1.82) is 0 Å². The second-order valence-corrected chi connectivity index (χ2v) is 9.76. The highest BCUT2D eigenvalue weighted by Gasteiger charge is 2.23. The third-order valence-electron chi connectivity index (χ3n) is 5.66. The van der Waals surface area contributed by atoms with Gasteiger partial charge in [0.05, 0.1) is 19.8 Å². The van der Waals surface area contributed by atoms with Crippen LogP contribution in [0.25, 0.3) is 0 Å². The normalized spacial score (nSPS) is 13.8. The molecule has 1 aliphatic carbocycles. The first kappa shape index (κ1) is 26.3. The van der Waals surface area contributed by atoms with Crippen LogP contribution in [0.4, 0.5) is 4.79 Å². The van der Waals surface area contributed by atoms with Crippen LogP contribution in [0.2, 0.25) is 0 Å². The van der Waals surface area contributed by atoms with Crippen LogP contribution in [0.5, 0.6) is 11.5 Å². The van der Waals surface area contributed by atoms with E-state index in [1.165, 1.54) is 12.8 Å². The minimum absolute atomic E-state index is 0.202. The van der Waals surface area contributed by atoms with Gasteiger partial charge < -0.3 is 24.4 Å². The third-order valence-corrected chi connectivity index (χ3v) is 5.66. The van der Waals surface area contributed by atoms with Gasteiger partial charge in [-0.3, -0.25) is 9.78 Å². The van der Waals surface area contributed by atoms with E-state index < -0.39 is 11.7 Å². The third kappa shape index (κ3) is 8.46. The number of pyridine rings is 1. The van der Waals surface area contributed by atoms with Gasteiger partial charge in [0.1, 0.15) is 5.60 Å². The number of methoxy groups -OCH3 is 1. The SMILES string of the molecule is COc1cc(C(=O)NCCCN(Cc2cccnc2)C(=O)OC(C)(C)C)ccc1OC1CCCC1. The van der Waals surface area contributed by atoms with Crippen LogP contribution in [0.3, 0.4) is 0 Å². The summed E-state index contributed by atoms with van der Waals surface area (Å²) in [6.45, 7) is 6.74. The fourth-order valence-corrected chi connectivity index (χ4v) is 3.94. The number of amides is 2. The van der Waals surface area contributed by atoms with Crippen molar-refractivity contribution in [3.8, 4) is 11.5 Å². The Morgan fingerprint density at radius 3 is 2.57 bits per heavy atom. The summed E-state index contributed by atoms with van der Waals surface area (Å²) in [6.07, 6.45) is 8.27. The molecule has 35 heavy (non-hydrogen) atoms. The topological polar surface area (TPSA) is 90.0 Å².